The summed E-state index contributed by atoms with van der Waals surface area (Å²) in [5.74, 6) is -0.00204. The Balaban J connectivity index is 2.16. The fourth-order valence-electron chi connectivity index (χ4n) is 1.09. The molecule has 78 valence electrons. The van der Waals surface area contributed by atoms with Crippen molar-refractivity contribution in [2.24, 2.45) is 0 Å². The third-order valence-corrected chi connectivity index (χ3v) is 1.97. The zero-order valence-electron chi connectivity index (χ0n) is 8.03. The number of hydrogen-bond donors (Lipinski definition) is 4. The number of nitrogen functional groups attached to an aromatic ring is 1. The molecule has 0 aliphatic heterocycles. The lowest BCUT2D eigenvalue weighted by Crippen LogP contribution is -2.13. The van der Waals surface area contributed by atoms with Gasteiger partial charge in [-0.25, -0.2) is 0 Å². The molecule has 0 saturated heterocycles. The van der Waals surface area contributed by atoms with Crippen LogP contribution in [0.4, 0.5) is 11.5 Å². The summed E-state index contributed by atoms with van der Waals surface area (Å²) < 4.78 is 0. The van der Waals surface area contributed by atoms with E-state index < -0.39 is 0 Å². The molecule has 7 heteroatoms. The summed E-state index contributed by atoms with van der Waals surface area (Å²) in [6.07, 6.45) is 1.49. The first kappa shape index (κ1) is 9.25. The molecule has 0 aliphatic carbocycles. The van der Waals surface area contributed by atoms with Crippen molar-refractivity contribution in [3.63, 3.8) is 0 Å². The minimum Gasteiger partial charge on any atom is -0.394 e. The second-order valence-electron chi connectivity index (χ2n) is 3.04. The molecule has 0 aromatic carbocycles. The smallest absolute Gasteiger partial charge is 0.274 e. The van der Waals surface area contributed by atoms with Crippen LogP contribution < -0.4 is 11.1 Å². The van der Waals surface area contributed by atoms with E-state index in [9.17, 15) is 4.79 Å². The molecule has 5 N–H and O–H groups in total. The molecular formula is C8H10N6O. The van der Waals surface area contributed by atoms with Crippen LogP contribution in [0, 0.1) is 6.92 Å². The van der Waals surface area contributed by atoms with Gasteiger partial charge >= 0.3 is 0 Å². The molecule has 0 bridgehead atoms. The standard InChI is InChI=1S/C8H10N6O/c1-4-6(9)7(14-12-4)11-8(15)5-2-3-10-13-5/h2-3H,9H2,1H3,(H,10,13)(H2,11,12,14,15). The van der Waals surface area contributed by atoms with Crippen molar-refractivity contribution in [2.75, 3.05) is 11.1 Å². The maximum Gasteiger partial charge on any atom is 0.274 e. The van der Waals surface area contributed by atoms with Crippen molar-refractivity contribution in [1.29, 1.82) is 0 Å². The summed E-state index contributed by atoms with van der Waals surface area (Å²) in [7, 11) is 0. The van der Waals surface area contributed by atoms with Crippen molar-refractivity contribution in [2.45, 2.75) is 6.92 Å². The monoisotopic (exact) mass is 206 g/mol. The Hall–Kier alpha value is -2.31. The van der Waals surface area contributed by atoms with Crippen LogP contribution in [0.1, 0.15) is 16.2 Å². The van der Waals surface area contributed by atoms with Gasteiger partial charge < -0.3 is 11.1 Å². The molecule has 2 aromatic rings. The molecule has 0 aliphatic rings. The minimum atomic E-state index is -0.328. The van der Waals surface area contributed by atoms with Crippen LogP contribution in [0.2, 0.25) is 0 Å². The summed E-state index contributed by atoms with van der Waals surface area (Å²) >= 11 is 0. The number of aryl methyl sites for hydroxylation is 1. The third-order valence-electron chi connectivity index (χ3n) is 1.97. The number of carbonyl (C=O) groups is 1. The average Bonchev–Trinajstić information content (AvgIpc) is 2.83. The van der Waals surface area contributed by atoms with E-state index >= 15 is 0 Å². The normalized spacial score (nSPS) is 10.2. The van der Waals surface area contributed by atoms with Crippen molar-refractivity contribution >= 4 is 17.4 Å². The van der Waals surface area contributed by atoms with Gasteiger partial charge in [0.1, 0.15) is 5.69 Å². The number of rotatable bonds is 2. The zero-order valence-corrected chi connectivity index (χ0v) is 8.03. The highest BCUT2D eigenvalue weighted by atomic mass is 16.2. The van der Waals surface area contributed by atoms with Gasteiger partial charge in [-0.1, -0.05) is 0 Å². The van der Waals surface area contributed by atoms with Gasteiger partial charge in [0.05, 0.1) is 11.4 Å². The van der Waals surface area contributed by atoms with E-state index in [1.165, 1.54) is 6.20 Å². The highest BCUT2D eigenvalue weighted by Crippen LogP contribution is 2.18. The van der Waals surface area contributed by atoms with Gasteiger partial charge in [0, 0.05) is 6.20 Å². The van der Waals surface area contributed by atoms with Crippen LogP contribution >= 0.6 is 0 Å². The molecule has 15 heavy (non-hydrogen) atoms. The van der Waals surface area contributed by atoms with Gasteiger partial charge in [-0.2, -0.15) is 10.2 Å². The molecule has 0 fully saturated rings. The van der Waals surface area contributed by atoms with Crippen LogP contribution in [0.15, 0.2) is 12.3 Å². The number of aromatic amines is 2. The van der Waals surface area contributed by atoms with Crippen molar-refractivity contribution in [3.05, 3.63) is 23.7 Å². The summed E-state index contributed by atoms with van der Waals surface area (Å²) in [5.41, 5.74) is 7.18. The Labute approximate surface area is 85.1 Å². The Morgan fingerprint density at radius 3 is 2.87 bits per heavy atom. The van der Waals surface area contributed by atoms with E-state index in [1.807, 2.05) is 0 Å². The van der Waals surface area contributed by atoms with Gasteiger partial charge in [0.2, 0.25) is 0 Å². The van der Waals surface area contributed by atoms with Crippen LogP contribution in [0.3, 0.4) is 0 Å². The van der Waals surface area contributed by atoms with Crippen molar-refractivity contribution < 1.29 is 4.79 Å². The van der Waals surface area contributed by atoms with E-state index in [1.54, 1.807) is 13.0 Å². The predicted octanol–water partition coefficient (Wildman–Crippen LogP) is 0.276. The maximum atomic E-state index is 11.5. The number of anilines is 2. The lowest BCUT2D eigenvalue weighted by atomic mass is 10.3. The first-order valence-electron chi connectivity index (χ1n) is 4.29. The number of H-pyrrole nitrogens is 2. The molecule has 0 atom stereocenters. The van der Waals surface area contributed by atoms with E-state index in [-0.39, 0.29) is 5.91 Å². The average molecular weight is 206 g/mol. The topological polar surface area (TPSA) is 112 Å². The fraction of sp³-hybridized carbons (Fsp3) is 0.125. The van der Waals surface area contributed by atoms with Crippen LogP contribution in [-0.2, 0) is 0 Å². The second-order valence-corrected chi connectivity index (χ2v) is 3.04. The van der Waals surface area contributed by atoms with Gasteiger partial charge in [0.15, 0.2) is 5.82 Å². The number of nitrogens with zero attached hydrogens (tertiary/aromatic N) is 2. The summed E-state index contributed by atoms with van der Waals surface area (Å²) in [6, 6.07) is 1.56. The zero-order chi connectivity index (χ0) is 10.8. The van der Waals surface area contributed by atoms with E-state index in [0.29, 0.717) is 17.2 Å². The van der Waals surface area contributed by atoms with Gasteiger partial charge in [-0.15, -0.1) is 0 Å². The molecular weight excluding hydrogens is 196 g/mol. The number of nitrogens with one attached hydrogen (secondary N) is 3. The van der Waals surface area contributed by atoms with Crippen LogP contribution in [0.25, 0.3) is 0 Å². The Morgan fingerprint density at radius 2 is 2.33 bits per heavy atom. The summed E-state index contributed by atoms with van der Waals surface area (Å²) in [4.78, 5) is 11.5. The van der Waals surface area contributed by atoms with Crippen LogP contribution in [-0.4, -0.2) is 26.3 Å². The quantitative estimate of drug-likeness (QED) is 0.565. The minimum absolute atomic E-state index is 0.326. The molecule has 0 unspecified atom stereocenters. The highest BCUT2D eigenvalue weighted by molar-refractivity contribution is 6.03. The van der Waals surface area contributed by atoms with Crippen LogP contribution in [0.5, 0.6) is 0 Å². The molecule has 2 aromatic heterocycles. The second kappa shape index (κ2) is 3.45. The lowest BCUT2D eigenvalue weighted by molar-refractivity contribution is 0.102. The number of amides is 1. The van der Waals surface area contributed by atoms with Crippen molar-refractivity contribution in [3.8, 4) is 0 Å². The first-order chi connectivity index (χ1) is 7.18. The molecule has 0 saturated carbocycles. The van der Waals surface area contributed by atoms with Gasteiger partial charge in [0.25, 0.3) is 5.91 Å². The predicted molar refractivity (Wildman–Crippen MR) is 54.3 cm³/mol. The van der Waals surface area contributed by atoms with Gasteiger partial charge in [-0.3, -0.25) is 15.0 Å². The maximum absolute atomic E-state index is 11.5. The number of nitrogens with two attached hydrogens (primary N) is 1. The third kappa shape index (κ3) is 1.66. The molecule has 0 spiro atoms. The van der Waals surface area contributed by atoms with Crippen molar-refractivity contribution in [1.82, 2.24) is 20.4 Å². The van der Waals surface area contributed by atoms with Gasteiger partial charge in [-0.05, 0) is 13.0 Å². The fourth-order valence-corrected chi connectivity index (χ4v) is 1.09. The van der Waals surface area contributed by atoms with E-state index in [2.05, 4.69) is 25.7 Å². The summed E-state index contributed by atoms with van der Waals surface area (Å²) in [6.45, 7) is 1.77. The molecule has 2 heterocycles. The molecule has 0 radical (unpaired) electrons. The Kier molecular flexibility index (Phi) is 2.13. The first-order valence-corrected chi connectivity index (χ1v) is 4.29. The lowest BCUT2D eigenvalue weighted by Gasteiger charge is -1.99. The van der Waals surface area contributed by atoms with E-state index in [4.69, 9.17) is 5.73 Å². The summed E-state index contributed by atoms with van der Waals surface area (Å²) in [5, 5.41) is 15.3. The van der Waals surface area contributed by atoms with E-state index in [0.717, 1.165) is 5.69 Å². The number of aromatic nitrogens is 4. The number of carbonyl (C=O) groups excluding carboxylic acids is 1. The SMILES string of the molecule is Cc1[nH]nc(NC(=O)c2ccn[nH]2)c1N. The molecule has 7 nitrogen and oxygen atoms in total. The molecule has 1 amide bonds. The molecule has 2 rings (SSSR count). The highest BCUT2D eigenvalue weighted by Gasteiger charge is 2.12. The Bertz CT molecular complexity index is 471. The largest absolute Gasteiger partial charge is 0.394 e. The number of hydrogen-bond acceptors (Lipinski definition) is 4. The Morgan fingerprint density at radius 1 is 1.53 bits per heavy atom.